The molecule has 0 saturated heterocycles. The predicted molar refractivity (Wildman–Crippen MR) is 88.4 cm³/mol. The zero-order valence-electron chi connectivity index (χ0n) is 13.1. The van der Waals surface area contributed by atoms with E-state index in [1.54, 1.807) is 18.3 Å². The Bertz CT molecular complexity index is 837. The first-order chi connectivity index (χ1) is 11.0. The number of hydrogen-bond donors (Lipinski definition) is 1. The fraction of sp³-hybridized carbons (Fsp3) is 0.222. The summed E-state index contributed by atoms with van der Waals surface area (Å²) in [5, 5.41) is 3.83. The minimum absolute atomic E-state index is 0.0755. The van der Waals surface area contributed by atoms with Crippen LogP contribution in [0.5, 0.6) is 0 Å². The SMILES string of the molecule is CC(C)NC(=O)Cn1c(-c2ccc(F)cc2)cc2cccnc21. The third kappa shape index (κ3) is 3.23. The van der Waals surface area contributed by atoms with Crippen molar-refractivity contribution in [1.29, 1.82) is 0 Å². The maximum Gasteiger partial charge on any atom is 0.240 e. The van der Waals surface area contributed by atoms with Crippen molar-refractivity contribution in [3.63, 3.8) is 0 Å². The van der Waals surface area contributed by atoms with Gasteiger partial charge in [0.25, 0.3) is 0 Å². The molecule has 1 N–H and O–H groups in total. The van der Waals surface area contributed by atoms with E-state index >= 15 is 0 Å². The van der Waals surface area contributed by atoms with Crippen LogP contribution in [0.1, 0.15) is 13.8 Å². The molecule has 3 rings (SSSR count). The molecule has 2 aromatic heterocycles. The zero-order chi connectivity index (χ0) is 16.4. The molecule has 2 heterocycles. The first-order valence-corrected chi connectivity index (χ1v) is 7.54. The molecule has 0 atom stereocenters. The number of carbonyl (C=O) groups is 1. The van der Waals surface area contributed by atoms with Crippen molar-refractivity contribution >= 4 is 16.9 Å². The van der Waals surface area contributed by atoms with Crippen LogP contribution >= 0.6 is 0 Å². The lowest BCUT2D eigenvalue weighted by Crippen LogP contribution is -2.33. The summed E-state index contributed by atoms with van der Waals surface area (Å²) in [5.74, 6) is -0.362. The molecule has 0 fully saturated rings. The second-order valence-electron chi connectivity index (χ2n) is 5.76. The van der Waals surface area contributed by atoms with Crippen molar-refractivity contribution in [3.05, 3.63) is 54.5 Å². The number of hydrogen-bond acceptors (Lipinski definition) is 2. The Morgan fingerprint density at radius 3 is 2.70 bits per heavy atom. The largest absolute Gasteiger partial charge is 0.352 e. The van der Waals surface area contributed by atoms with Crippen LogP contribution in [0.2, 0.25) is 0 Å². The summed E-state index contributed by atoms with van der Waals surface area (Å²) in [4.78, 5) is 16.6. The van der Waals surface area contributed by atoms with Gasteiger partial charge in [0.15, 0.2) is 0 Å². The van der Waals surface area contributed by atoms with Gasteiger partial charge in [-0.1, -0.05) is 0 Å². The van der Waals surface area contributed by atoms with Gasteiger partial charge in [-0.3, -0.25) is 4.79 Å². The number of halogens is 1. The Morgan fingerprint density at radius 1 is 1.26 bits per heavy atom. The Kier molecular flexibility index (Phi) is 4.10. The molecule has 0 aliphatic carbocycles. The number of nitrogens with one attached hydrogen (secondary N) is 1. The highest BCUT2D eigenvalue weighted by atomic mass is 19.1. The molecule has 0 aliphatic heterocycles. The van der Waals surface area contributed by atoms with Crippen LogP contribution in [-0.2, 0) is 11.3 Å². The van der Waals surface area contributed by atoms with Gasteiger partial charge in [-0.2, -0.15) is 0 Å². The van der Waals surface area contributed by atoms with Crippen molar-refractivity contribution in [2.45, 2.75) is 26.4 Å². The van der Waals surface area contributed by atoms with Crippen LogP contribution in [0.25, 0.3) is 22.3 Å². The summed E-state index contributed by atoms with van der Waals surface area (Å²) in [7, 11) is 0. The summed E-state index contributed by atoms with van der Waals surface area (Å²) in [6, 6.07) is 12.1. The number of carbonyl (C=O) groups excluding carboxylic acids is 1. The van der Waals surface area contributed by atoms with Crippen molar-refractivity contribution in [2.75, 3.05) is 0 Å². The van der Waals surface area contributed by atoms with E-state index in [0.29, 0.717) is 0 Å². The third-order valence-electron chi connectivity index (χ3n) is 3.55. The first kappa shape index (κ1) is 15.2. The summed E-state index contributed by atoms with van der Waals surface area (Å²) >= 11 is 0. The summed E-state index contributed by atoms with van der Waals surface area (Å²) in [5.41, 5.74) is 2.44. The summed E-state index contributed by atoms with van der Waals surface area (Å²) in [6.07, 6.45) is 1.70. The maximum atomic E-state index is 13.2. The molecule has 118 valence electrons. The second kappa shape index (κ2) is 6.20. The molecule has 1 aromatic carbocycles. The van der Waals surface area contributed by atoms with Gasteiger partial charge >= 0.3 is 0 Å². The molecule has 1 amide bonds. The molecule has 4 nitrogen and oxygen atoms in total. The number of rotatable bonds is 4. The number of benzene rings is 1. The third-order valence-corrected chi connectivity index (χ3v) is 3.55. The minimum Gasteiger partial charge on any atom is -0.352 e. The van der Waals surface area contributed by atoms with Gasteiger partial charge in [0.05, 0.1) is 5.69 Å². The monoisotopic (exact) mass is 311 g/mol. The fourth-order valence-electron chi connectivity index (χ4n) is 2.62. The second-order valence-corrected chi connectivity index (χ2v) is 5.76. The van der Waals surface area contributed by atoms with Crippen LogP contribution < -0.4 is 5.32 Å². The van der Waals surface area contributed by atoms with E-state index in [4.69, 9.17) is 0 Å². The number of nitrogens with zero attached hydrogens (tertiary/aromatic N) is 2. The molecule has 0 radical (unpaired) electrons. The summed E-state index contributed by atoms with van der Waals surface area (Å²) < 4.78 is 15.0. The van der Waals surface area contributed by atoms with Gasteiger partial charge in [0.2, 0.25) is 5.91 Å². The van der Waals surface area contributed by atoms with Gasteiger partial charge in [-0.15, -0.1) is 0 Å². The lowest BCUT2D eigenvalue weighted by atomic mass is 10.1. The molecule has 0 bridgehead atoms. The van der Waals surface area contributed by atoms with Gasteiger partial charge in [0, 0.05) is 17.6 Å². The minimum atomic E-state index is -0.285. The molecule has 5 heteroatoms. The lowest BCUT2D eigenvalue weighted by molar-refractivity contribution is -0.122. The predicted octanol–water partition coefficient (Wildman–Crippen LogP) is 3.37. The number of amides is 1. The van der Waals surface area contributed by atoms with E-state index in [-0.39, 0.29) is 24.3 Å². The van der Waals surface area contributed by atoms with Crippen molar-refractivity contribution in [3.8, 4) is 11.3 Å². The highest BCUT2D eigenvalue weighted by Crippen LogP contribution is 2.27. The molecule has 3 aromatic rings. The highest BCUT2D eigenvalue weighted by Gasteiger charge is 2.14. The van der Waals surface area contributed by atoms with Gasteiger partial charge in [-0.25, -0.2) is 9.37 Å². The van der Waals surface area contributed by atoms with E-state index in [2.05, 4.69) is 10.3 Å². The average molecular weight is 311 g/mol. The Balaban J connectivity index is 2.07. The Labute approximate surface area is 134 Å². The Morgan fingerprint density at radius 2 is 2.00 bits per heavy atom. The van der Waals surface area contributed by atoms with Crippen molar-refractivity contribution < 1.29 is 9.18 Å². The molecular formula is C18H18FN3O. The van der Waals surface area contributed by atoms with Crippen molar-refractivity contribution in [2.24, 2.45) is 0 Å². The molecular weight excluding hydrogens is 293 g/mol. The van der Waals surface area contributed by atoms with Gasteiger partial charge in [-0.05, 0) is 61.9 Å². The van der Waals surface area contributed by atoms with E-state index < -0.39 is 0 Å². The zero-order valence-corrected chi connectivity index (χ0v) is 13.1. The molecule has 0 unspecified atom stereocenters. The quantitative estimate of drug-likeness (QED) is 0.803. The first-order valence-electron chi connectivity index (χ1n) is 7.54. The normalized spacial score (nSPS) is 11.1. The van der Waals surface area contributed by atoms with E-state index in [9.17, 15) is 9.18 Å². The van der Waals surface area contributed by atoms with E-state index in [1.807, 2.05) is 36.6 Å². The molecule has 0 aliphatic rings. The standard InChI is InChI=1S/C18H18FN3O/c1-12(2)21-17(23)11-22-16(13-5-7-15(19)8-6-13)10-14-4-3-9-20-18(14)22/h3-10,12H,11H2,1-2H3,(H,21,23). The van der Waals surface area contributed by atoms with Gasteiger partial charge < -0.3 is 9.88 Å². The molecule has 0 spiro atoms. The lowest BCUT2D eigenvalue weighted by Gasteiger charge is -2.12. The number of aromatic nitrogens is 2. The topological polar surface area (TPSA) is 46.9 Å². The van der Waals surface area contributed by atoms with E-state index in [0.717, 1.165) is 22.3 Å². The van der Waals surface area contributed by atoms with Crippen LogP contribution in [0.3, 0.4) is 0 Å². The maximum absolute atomic E-state index is 13.2. The number of fused-ring (bicyclic) bond motifs is 1. The summed E-state index contributed by atoms with van der Waals surface area (Å²) in [6.45, 7) is 4.01. The smallest absolute Gasteiger partial charge is 0.240 e. The van der Waals surface area contributed by atoms with Crippen LogP contribution in [-0.4, -0.2) is 21.5 Å². The van der Waals surface area contributed by atoms with Gasteiger partial charge in [0.1, 0.15) is 18.0 Å². The van der Waals surface area contributed by atoms with Crippen LogP contribution in [0.15, 0.2) is 48.7 Å². The fourth-order valence-corrected chi connectivity index (χ4v) is 2.62. The van der Waals surface area contributed by atoms with Crippen LogP contribution in [0.4, 0.5) is 4.39 Å². The average Bonchev–Trinajstić information content (AvgIpc) is 2.86. The van der Waals surface area contributed by atoms with E-state index in [1.165, 1.54) is 12.1 Å². The number of pyridine rings is 1. The Hall–Kier alpha value is -2.69. The molecule has 23 heavy (non-hydrogen) atoms. The molecule has 0 saturated carbocycles. The van der Waals surface area contributed by atoms with Crippen LogP contribution in [0, 0.1) is 5.82 Å². The highest BCUT2D eigenvalue weighted by molar-refractivity contribution is 5.87. The van der Waals surface area contributed by atoms with Crippen molar-refractivity contribution in [1.82, 2.24) is 14.9 Å².